The highest BCUT2D eigenvalue weighted by Gasteiger charge is 2.12. The Morgan fingerprint density at radius 2 is 2.36 bits per heavy atom. The molecule has 1 atom stereocenters. The monoisotopic (exact) mass is 198 g/mol. The zero-order chi connectivity index (χ0) is 10.6. The molecule has 5 heteroatoms. The van der Waals surface area contributed by atoms with E-state index in [1.54, 1.807) is 6.07 Å². The molecule has 1 rings (SSSR count). The molecule has 0 aliphatic rings. The van der Waals surface area contributed by atoms with E-state index in [9.17, 15) is 9.18 Å². The highest BCUT2D eigenvalue weighted by atomic mass is 19.1. The van der Waals surface area contributed by atoms with Gasteiger partial charge in [0.05, 0.1) is 0 Å². The molecule has 76 valence electrons. The number of hydrogen-bond acceptors (Lipinski definition) is 3. The summed E-state index contributed by atoms with van der Waals surface area (Å²) in [6.45, 7) is 1.52. The number of carbonyl (C=O) groups is 1. The maximum Gasteiger partial charge on any atom is 0.274 e. The Labute approximate surface area is 80.8 Å². The standard InChI is InChI=1S/C9H11FN2O2/c1-6(9(13)12-11)14-8-4-2-3-7(10)5-8/h2-6H,11H2,1H3,(H,12,13). The van der Waals surface area contributed by atoms with Gasteiger partial charge >= 0.3 is 0 Å². The van der Waals surface area contributed by atoms with E-state index in [4.69, 9.17) is 10.6 Å². The molecule has 0 aromatic heterocycles. The summed E-state index contributed by atoms with van der Waals surface area (Å²) < 4.78 is 17.8. The van der Waals surface area contributed by atoms with E-state index in [0.29, 0.717) is 5.75 Å². The van der Waals surface area contributed by atoms with Crippen molar-refractivity contribution >= 4 is 5.91 Å². The normalized spacial score (nSPS) is 11.9. The molecule has 1 aromatic rings. The molecule has 1 aromatic carbocycles. The van der Waals surface area contributed by atoms with Crippen LogP contribution in [0.4, 0.5) is 4.39 Å². The SMILES string of the molecule is CC(Oc1cccc(F)c1)C(=O)NN. The van der Waals surface area contributed by atoms with E-state index in [1.165, 1.54) is 25.1 Å². The zero-order valence-electron chi connectivity index (χ0n) is 7.66. The number of carbonyl (C=O) groups excluding carboxylic acids is 1. The number of nitrogens with two attached hydrogens (primary N) is 1. The van der Waals surface area contributed by atoms with Crippen LogP contribution in [0.25, 0.3) is 0 Å². The number of rotatable bonds is 3. The molecule has 0 heterocycles. The lowest BCUT2D eigenvalue weighted by Crippen LogP contribution is -2.40. The average molecular weight is 198 g/mol. The van der Waals surface area contributed by atoms with Crippen molar-refractivity contribution in [2.45, 2.75) is 13.0 Å². The van der Waals surface area contributed by atoms with Crippen LogP contribution in [-0.4, -0.2) is 12.0 Å². The van der Waals surface area contributed by atoms with Crippen molar-refractivity contribution in [1.82, 2.24) is 5.43 Å². The number of amides is 1. The molecule has 1 amide bonds. The van der Waals surface area contributed by atoms with Crippen molar-refractivity contribution in [1.29, 1.82) is 0 Å². The molecule has 0 spiro atoms. The molecule has 1 unspecified atom stereocenters. The highest BCUT2D eigenvalue weighted by Crippen LogP contribution is 2.13. The van der Waals surface area contributed by atoms with Crippen molar-refractivity contribution < 1.29 is 13.9 Å². The summed E-state index contributed by atoms with van der Waals surface area (Å²) in [6, 6.07) is 5.54. The average Bonchev–Trinajstić information content (AvgIpc) is 2.16. The first-order valence-electron chi connectivity index (χ1n) is 4.06. The van der Waals surface area contributed by atoms with Crippen LogP contribution >= 0.6 is 0 Å². The third-order valence-corrected chi connectivity index (χ3v) is 1.62. The van der Waals surface area contributed by atoms with Crippen LogP contribution in [-0.2, 0) is 4.79 Å². The lowest BCUT2D eigenvalue weighted by atomic mass is 10.3. The largest absolute Gasteiger partial charge is 0.481 e. The first-order chi connectivity index (χ1) is 6.63. The van der Waals surface area contributed by atoms with Crippen LogP contribution < -0.4 is 16.0 Å². The van der Waals surface area contributed by atoms with Crippen LogP contribution in [0.15, 0.2) is 24.3 Å². The van der Waals surface area contributed by atoms with Gasteiger partial charge in [-0.1, -0.05) is 6.07 Å². The molecule has 3 N–H and O–H groups in total. The van der Waals surface area contributed by atoms with Gasteiger partial charge in [0.15, 0.2) is 6.10 Å². The Balaban J connectivity index is 2.64. The van der Waals surface area contributed by atoms with Gasteiger partial charge in [-0.2, -0.15) is 0 Å². The van der Waals surface area contributed by atoms with Gasteiger partial charge in [0.2, 0.25) is 0 Å². The molecular weight excluding hydrogens is 187 g/mol. The smallest absolute Gasteiger partial charge is 0.274 e. The van der Waals surface area contributed by atoms with Crippen LogP contribution in [0.2, 0.25) is 0 Å². The molecular formula is C9H11FN2O2. The summed E-state index contributed by atoms with van der Waals surface area (Å²) in [5.41, 5.74) is 1.94. The Kier molecular flexibility index (Phi) is 3.41. The number of nitrogens with one attached hydrogen (secondary N) is 1. The van der Waals surface area contributed by atoms with E-state index < -0.39 is 17.8 Å². The van der Waals surface area contributed by atoms with Crippen LogP contribution in [0.1, 0.15) is 6.92 Å². The van der Waals surface area contributed by atoms with E-state index in [2.05, 4.69) is 0 Å². The van der Waals surface area contributed by atoms with Gasteiger partial charge in [0, 0.05) is 6.07 Å². The van der Waals surface area contributed by atoms with Gasteiger partial charge in [0.1, 0.15) is 11.6 Å². The highest BCUT2D eigenvalue weighted by molar-refractivity contribution is 5.79. The van der Waals surface area contributed by atoms with Crippen molar-refractivity contribution in [3.63, 3.8) is 0 Å². The minimum Gasteiger partial charge on any atom is -0.481 e. The van der Waals surface area contributed by atoms with Gasteiger partial charge in [-0.15, -0.1) is 0 Å². The molecule has 0 radical (unpaired) electrons. The van der Waals surface area contributed by atoms with Crippen molar-refractivity contribution in [3.8, 4) is 5.75 Å². The second-order valence-corrected chi connectivity index (χ2v) is 2.73. The molecule has 0 aliphatic heterocycles. The minimum atomic E-state index is -0.748. The topological polar surface area (TPSA) is 64.3 Å². The fourth-order valence-corrected chi connectivity index (χ4v) is 0.915. The van der Waals surface area contributed by atoms with E-state index >= 15 is 0 Å². The molecule has 14 heavy (non-hydrogen) atoms. The molecule has 0 bridgehead atoms. The van der Waals surface area contributed by atoms with Crippen molar-refractivity contribution in [2.24, 2.45) is 5.84 Å². The van der Waals surface area contributed by atoms with Gasteiger partial charge in [-0.05, 0) is 19.1 Å². The third-order valence-electron chi connectivity index (χ3n) is 1.62. The Morgan fingerprint density at radius 3 is 2.93 bits per heavy atom. The summed E-state index contributed by atoms with van der Waals surface area (Å²) >= 11 is 0. The molecule has 0 saturated carbocycles. The maximum absolute atomic E-state index is 12.7. The first kappa shape index (κ1) is 10.5. The number of halogens is 1. The fraction of sp³-hybridized carbons (Fsp3) is 0.222. The number of benzene rings is 1. The van der Waals surface area contributed by atoms with E-state index in [-0.39, 0.29) is 0 Å². The van der Waals surface area contributed by atoms with Gasteiger partial charge in [-0.25, -0.2) is 10.2 Å². The molecule has 0 saturated heterocycles. The summed E-state index contributed by atoms with van der Waals surface area (Å²) in [5, 5.41) is 0. The molecule has 0 aliphatic carbocycles. The van der Waals surface area contributed by atoms with Crippen molar-refractivity contribution in [3.05, 3.63) is 30.1 Å². The Hall–Kier alpha value is -1.62. The summed E-state index contributed by atoms with van der Waals surface area (Å²) in [7, 11) is 0. The summed E-state index contributed by atoms with van der Waals surface area (Å²) in [4.78, 5) is 10.9. The quantitative estimate of drug-likeness (QED) is 0.424. The third kappa shape index (κ3) is 2.70. The summed E-state index contributed by atoms with van der Waals surface area (Å²) in [5.74, 6) is 4.32. The van der Waals surface area contributed by atoms with Crippen LogP contribution in [0.3, 0.4) is 0 Å². The van der Waals surface area contributed by atoms with Gasteiger partial charge < -0.3 is 4.74 Å². The number of hydrogen-bond donors (Lipinski definition) is 2. The van der Waals surface area contributed by atoms with Gasteiger partial charge in [0.25, 0.3) is 5.91 Å². The minimum absolute atomic E-state index is 0.293. The lowest BCUT2D eigenvalue weighted by Gasteiger charge is -2.12. The summed E-state index contributed by atoms with van der Waals surface area (Å²) in [6.07, 6.45) is -0.748. The maximum atomic E-state index is 12.7. The van der Waals surface area contributed by atoms with Crippen molar-refractivity contribution in [2.75, 3.05) is 0 Å². The van der Waals surface area contributed by atoms with Gasteiger partial charge in [-0.3, -0.25) is 10.2 Å². The van der Waals surface area contributed by atoms with Crippen LogP contribution in [0.5, 0.6) is 5.75 Å². The Morgan fingerprint density at radius 1 is 1.64 bits per heavy atom. The second kappa shape index (κ2) is 4.57. The van der Waals surface area contributed by atoms with Crippen LogP contribution in [0, 0.1) is 5.82 Å². The molecule has 0 fully saturated rings. The number of ether oxygens (including phenoxy) is 1. The predicted octanol–water partition coefficient (Wildman–Crippen LogP) is 0.583. The van der Waals surface area contributed by atoms with E-state index in [1.807, 2.05) is 5.43 Å². The first-order valence-corrected chi connectivity index (χ1v) is 4.06. The molecule has 4 nitrogen and oxygen atoms in total. The van der Waals surface area contributed by atoms with E-state index in [0.717, 1.165) is 0 Å². The predicted molar refractivity (Wildman–Crippen MR) is 48.8 cm³/mol. The second-order valence-electron chi connectivity index (χ2n) is 2.73. The fourth-order valence-electron chi connectivity index (χ4n) is 0.915. The Bertz CT molecular complexity index is 330. The zero-order valence-corrected chi connectivity index (χ0v) is 7.66. The lowest BCUT2D eigenvalue weighted by molar-refractivity contribution is -0.127. The number of hydrazine groups is 1.